The van der Waals surface area contributed by atoms with Gasteiger partial charge in [0.1, 0.15) is 5.75 Å². The normalized spacial score (nSPS) is 26.5. The van der Waals surface area contributed by atoms with E-state index in [-0.39, 0.29) is 0 Å². The first-order chi connectivity index (χ1) is 6.29. The zero-order valence-corrected chi connectivity index (χ0v) is 7.77. The molecule has 0 saturated carbocycles. The number of hydrogen-bond donors (Lipinski definition) is 1. The van der Waals surface area contributed by atoms with E-state index >= 15 is 0 Å². The first-order valence-corrected chi connectivity index (χ1v) is 4.73. The molecule has 1 aliphatic carbocycles. The molecule has 0 fully saturated rings. The molecule has 0 aromatic heterocycles. The fraction of sp³-hybridized carbons (Fsp3) is 0.333. The number of rotatable bonds is 1. The van der Waals surface area contributed by atoms with Gasteiger partial charge in [0.2, 0.25) is 0 Å². The molecule has 0 radical (unpaired) electrons. The Morgan fingerprint density at radius 2 is 2.08 bits per heavy atom. The number of hydrogen-bond acceptors (Lipinski definition) is 1. The van der Waals surface area contributed by atoms with E-state index < -0.39 is 0 Å². The van der Waals surface area contributed by atoms with Gasteiger partial charge in [-0.3, -0.25) is 0 Å². The molecule has 0 saturated heterocycles. The molecular formula is C12H14O. The van der Waals surface area contributed by atoms with Gasteiger partial charge >= 0.3 is 0 Å². The average molecular weight is 174 g/mol. The Bertz CT molecular complexity index is 328. The molecule has 1 aromatic carbocycles. The Morgan fingerprint density at radius 1 is 1.31 bits per heavy atom. The van der Waals surface area contributed by atoms with Crippen LogP contribution in [0.2, 0.25) is 0 Å². The number of phenols is 1. The number of phenolic OH excluding ortho intramolecular Hbond substituents is 1. The van der Waals surface area contributed by atoms with Crippen molar-refractivity contribution < 1.29 is 5.11 Å². The van der Waals surface area contributed by atoms with E-state index in [1.54, 1.807) is 6.07 Å². The van der Waals surface area contributed by atoms with E-state index in [0.717, 1.165) is 12.0 Å². The Kier molecular flexibility index (Phi) is 2.09. The minimum absolute atomic E-state index is 0.404. The van der Waals surface area contributed by atoms with Crippen molar-refractivity contribution in [1.82, 2.24) is 0 Å². The summed E-state index contributed by atoms with van der Waals surface area (Å²) in [5.74, 6) is 1.44. The molecule has 2 rings (SSSR count). The van der Waals surface area contributed by atoms with Gasteiger partial charge in [-0.2, -0.15) is 0 Å². The molecule has 1 N–H and O–H groups in total. The van der Waals surface area contributed by atoms with Crippen molar-refractivity contribution in [3.63, 3.8) is 0 Å². The predicted octanol–water partition coefficient (Wildman–Crippen LogP) is 3.07. The molecule has 1 aromatic rings. The van der Waals surface area contributed by atoms with Crippen LogP contribution in [0.5, 0.6) is 5.75 Å². The molecule has 1 aliphatic rings. The molecule has 2 unspecified atom stereocenters. The summed E-state index contributed by atoms with van der Waals surface area (Å²) < 4.78 is 0. The highest BCUT2D eigenvalue weighted by Gasteiger charge is 2.21. The highest BCUT2D eigenvalue weighted by atomic mass is 16.3. The van der Waals surface area contributed by atoms with E-state index in [0.29, 0.717) is 17.6 Å². The molecule has 0 heterocycles. The maximum Gasteiger partial charge on any atom is 0.119 e. The van der Waals surface area contributed by atoms with Crippen molar-refractivity contribution in [1.29, 1.82) is 0 Å². The summed E-state index contributed by atoms with van der Waals surface area (Å²) >= 11 is 0. The van der Waals surface area contributed by atoms with Crippen molar-refractivity contribution in [2.45, 2.75) is 19.3 Å². The van der Waals surface area contributed by atoms with Crippen LogP contribution in [0, 0.1) is 5.92 Å². The van der Waals surface area contributed by atoms with Crippen molar-refractivity contribution in [3.8, 4) is 5.75 Å². The second-order valence-corrected chi connectivity index (χ2v) is 3.73. The molecule has 0 amide bonds. The van der Waals surface area contributed by atoms with Crippen LogP contribution in [0.4, 0.5) is 0 Å². The average Bonchev–Trinajstić information content (AvgIpc) is 2.52. The quantitative estimate of drug-likeness (QED) is 0.649. The predicted molar refractivity (Wildman–Crippen MR) is 53.8 cm³/mol. The number of allylic oxidation sites excluding steroid dienone is 2. The third-order valence-electron chi connectivity index (χ3n) is 2.76. The highest BCUT2D eigenvalue weighted by molar-refractivity contribution is 5.38. The van der Waals surface area contributed by atoms with Crippen LogP contribution >= 0.6 is 0 Å². The van der Waals surface area contributed by atoms with Crippen LogP contribution in [-0.2, 0) is 0 Å². The molecule has 2 atom stereocenters. The summed E-state index contributed by atoms with van der Waals surface area (Å²) in [6, 6.07) is 7.61. The summed E-state index contributed by atoms with van der Waals surface area (Å²) in [6.45, 7) is 2.22. The zero-order chi connectivity index (χ0) is 9.26. The minimum Gasteiger partial charge on any atom is -0.508 e. The van der Waals surface area contributed by atoms with Gasteiger partial charge < -0.3 is 5.11 Å². The summed E-state index contributed by atoms with van der Waals surface area (Å²) in [7, 11) is 0. The number of benzene rings is 1. The molecule has 1 heteroatoms. The smallest absolute Gasteiger partial charge is 0.119 e. The SMILES string of the molecule is CC1CC=CC1c1ccccc1O. The van der Waals surface area contributed by atoms with E-state index in [9.17, 15) is 5.11 Å². The van der Waals surface area contributed by atoms with Crippen molar-refractivity contribution >= 4 is 0 Å². The Labute approximate surface area is 78.7 Å². The van der Waals surface area contributed by atoms with Gasteiger partial charge in [-0.1, -0.05) is 37.3 Å². The minimum atomic E-state index is 0.404. The van der Waals surface area contributed by atoms with Gasteiger partial charge in [0.25, 0.3) is 0 Å². The fourth-order valence-corrected chi connectivity index (χ4v) is 1.96. The van der Waals surface area contributed by atoms with E-state index in [1.807, 2.05) is 18.2 Å². The van der Waals surface area contributed by atoms with Crippen LogP contribution in [-0.4, -0.2) is 5.11 Å². The van der Waals surface area contributed by atoms with Crippen LogP contribution in [0.15, 0.2) is 36.4 Å². The van der Waals surface area contributed by atoms with Gasteiger partial charge in [0.05, 0.1) is 0 Å². The lowest BCUT2D eigenvalue weighted by atomic mass is 9.90. The zero-order valence-electron chi connectivity index (χ0n) is 7.77. The van der Waals surface area contributed by atoms with Gasteiger partial charge in [-0.15, -0.1) is 0 Å². The Morgan fingerprint density at radius 3 is 2.69 bits per heavy atom. The van der Waals surface area contributed by atoms with Gasteiger partial charge in [-0.05, 0) is 18.4 Å². The Balaban J connectivity index is 2.35. The highest BCUT2D eigenvalue weighted by Crippen LogP contribution is 2.37. The van der Waals surface area contributed by atoms with Crippen molar-refractivity contribution in [3.05, 3.63) is 42.0 Å². The van der Waals surface area contributed by atoms with Gasteiger partial charge in [0.15, 0.2) is 0 Å². The summed E-state index contributed by atoms with van der Waals surface area (Å²) in [5.41, 5.74) is 1.06. The first kappa shape index (κ1) is 8.36. The monoisotopic (exact) mass is 174 g/mol. The summed E-state index contributed by atoms with van der Waals surface area (Å²) in [6.07, 6.45) is 5.51. The molecule has 68 valence electrons. The molecule has 0 bridgehead atoms. The second kappa shape index (κ2) is 3.25. The topological polar surface area (TPSA) is 20.2 Å². The third kappa shape index (κ3) is 1.46. The lowest BCUT2D eigenvalue weighted by Crippen LogP contribution is -2.01. The van der Waals surface area contributed by atoms with E-state index in [4.69, 9.17) is 0 Å². The van der Waals surface area contributed by atoms with Gasteiger partial charge in [-0.25, -0.2) is 0 Å². The fourth-order valence-electron chi connectivity index (χ4n) is 1.96. The largest absolute Gasteiger partial charge is 0.508 e. The molecule has 0 aliphatic heterocycles. The van der Waals surface area contributed by atoms with E-state index in [2.05, 4.69) is 19.1 Å². The lowest BCUT2D eigenvalue weighted by Gasteiger charge is -2.15. The number of para-hydroxylation sites is 1. The maximum absolute atomic E-state index is 9.65. The number of aromatic hydroxyl groups is 1. The van der Waals surface area contributed by atoms with Crippen LogP contribution < -0.4 is 0 Å². The summed E-state index contributed by atoms with van der Waals surface area (Å²) in [4.78, 5) is 0. The van der Waals surface area contributed by atoms with Crippen molar-refractivity contribution in [2.24, 2.45) is 5.92 Å². The van der Waals surface area contributed by atoms with Crippen LogP contribution in [0.3, 0.4) is 0 Å². The summed E-state index contributed by atoms with van der Waals surface area (Å²) in [5, 5.41) is 9.65. The first-order valence-electron chi connectivity index (χ1n) is 4.73. The third-order valence-corrected chi connectivity index (χ3v) is 2.76. The lowest BCUT2D eigenvalue weighted by molar-refractivity contribution is 0.454. The van der Waals surface area contributed by atoms with Crippen molar-refractivity contribution in [2.75, 3.05) is 0 Å². The standard InChI is InChI=1S/C12H14O/c1-9-5-4-7-10(9)11-6-2-3-8-12(11)13/h2-4,6-10,13H,5H2,1H3. The molecule has 1 nitrogen and oxygen atoms in total. The van der Waals surface area contributed by atoms with E-state index in [1.165, 1.54) is 0 Å². The van der Waals surface area contributed by atoms with Gasteiger partial charge in [0, 0.05) is 11.5 Å². The molecule has 13 heavy (non-hydrogen) atoms. The molecule has 0 spiro atoms. The molecular weight excluding hydrogens is 160 g/mol. The van der Waals surface area contributed by atoms with Crippen LogP contribution in [0.1, 0.15) is 24.8 Å². The van der Waals surface area contributed by atoms with Crippen LogP contribution in [0.25, 0.3) is 0 Å². The Hall–Kier alpha value is -1.24. The maximum atomic E-state index is 9.65. The second-order valence-electron chi connectivity index (χ2n) is 3.73.